The minimum absolute atomic E-state index is 0.0110. The Kier molecular flexibility index (Phi) is 4.06. The molecule has 2 nitrogen and oxygen atoms in total. The van der Waals surface area contributed by atoms with Gasteiger partial charge in [0.1, 0.15) is 5.82 Å². The molecule has 21 heavy (non-hydrogen) atoms. The molecule has 1 aliphatic carbocycles. The fourth-order valence-electron chi connectivity index (χ4n) is 3.06. The molecule has 1 aliphatic rings. The molecule has 0 radical (unpaired) electrons. The molecule has 0 spiro atoms. The summed E-state index contributed by atoms with van der Waals surface area (Å²) < 4.78 is 12.9. The molecule has 1 saturated carbocycles. The number of carbonyl (C=O) groups is 1. The van der Waals surface area contributed by atoms with E-state index in [1.54, 1.807) is 23.5 Å². The summed E-state index contributed by atoms with van der Waals surface area (Å²) in [6.07, 6.45) is 4.60. The molecule has 1 fully saturated rings. The molecule has 1 aromatic carbocycles. The van der Waals surface area contributed by atoms with Crippen LogP contribution in [-0.4, -0.2) is 5.91 Å². The van der Waals surface area contributed by atoms with Gasteiger partial charge in [-0.3, -0.25) is 4.79 Å². The Morgan fingerprint density at radius 1 is 1.19 bits per heavy atom. The fourth-order valence-corrected chi connectivity index (χ4v) is 4.00. The van der Waals surface area contributed by atoms with Gasteiger partial charge >= 0.3 is 0 Å². The number of hydrogen-bond acceptors (Lipinski definition) is 2. The molecule has 0 saturated heterocycles. The molecular weight excluding hydrogens is 285 g/mol. The number of amides is 1. The lowest BCUT2D eigenvalue weighted by atomic mass is 9.95. The van der Waals surface area contributed by atoms with Crippen molar-refractivity contribution < 1.29 is 9.18 Å². The topological polar surface area (TPSA) is 29.1 Å². The van der Waals surface area contributed by atoms with Crippen LogP contribution in [0, 0.1) is 5.82 Å². The average Bonchev–Trinajstić information content (AvgIpc) is 3.12. The third-order valence-electron chi connectivity index (χ3n) is 4.11. The van der Waals surface area contributed by atoms with E-state index < -0.39 is 0 Å². The van der Waals surface area contributed by atoms with Gasteiger partial charge in [0.25, 0.3) is 0 Å². The molecule has 0 bridgehead atoms. The minimum Gasteiger partial charge on any atom is -0.345 e. The second kappa shape index (κ2) is 5.98. The first kappa shape index (κ1) is 14.3. The van der Waals surface area contributed by atoms with Crippen LogP contribution in [0.3, 0.4) is 0 Å². The van der Waals surface area contributed by atoms with E-state index in [-0.39, 0.29) is 17.3 Å². The summed E-state index contributed by atoms with van der Waals surface area (Å²) in [5, 5.41) is 5.29. The standard InChI is InChI=1S/C17H18FNOS/c18-14-7-5-13(6-8-14)12-16(20)19-17(9-1-2-10-17)15-4-3-11-21-15/h3-8,11H,1-2,9-10,12H2,(H,19,20). The number of rotatable bonds is 4. The zero-order valence-corrected chi connectivity index (χ0v) is 12.6. The van der Waals surface area contributed by atoms with Gasteiger partial charge in [-0.1, -0.05) is 31.0 Å². The van der Waals surface area contributed by atoms with E-state index in [1.165, 1.54) is 17.0 Å². The maximum Gasteiger partial charge on any atom is 0.225 e. The third kappa shape index (κ3) is 3.16. The van der Waals surface area contributed by atoms with E-state index in [0.717, 1.165) is 31.2 Å². The highest BCUT2D eigenvalue weighted by Crippen LogP contribution is 2.40. The van der Waals surface area contributed by atoms with Crippen molar-refractivity contribution >= 4 is 17.2 Å². The second-order valence-corrected chi connectivity index (χ2v) is 6.57. The number of thiophene rings is 1. The molecule has 0 atom stereocenters. The largest absolute Gasteiger partial charge is 0.345 e. The monoisotopic (exact) mass is 303 g/mol. The molecule has 110 valence electrons. The lowest BCUT2D eigenvalue weighted by Crippen LogP contribution is -2.43. The molecule has 0 unspecified atom stereocenters. The molecule has 1 amide bonds. The normalized spacial score (nSPS) is 16.8. The van der Waals surface area contributed by atoms with Gasteiger partial charge in [-0.2, -0.15) is 0 Å². The van der Waals surface area contributed by atoms with E-state index in [1.807, 2.05) is 6.07 Å². The highest BCUT2D eigenvalue weighted by atomic mass is 32.1. The van der Waals surface area contributed by atoms with Crippen LogP contribution >= 0.6 is 11.3 Å². The molecule has 4 heteroatoms. The maximum atomic E-state index is 12.9. The van der Waals surface area contributed by atoms with Crippen LogP contribution in [0.2, 0.25) is 0 Å². The van der Waals surface area contributed by atoms with Crippen molar-refractivity contribution in [2.75, 3.05) is 0 Å². The zero-order chi connectivity index (χ0) is 14.7. The van der Waals surface area contributed by atoms with Crippen molar-refractivity contribution in [2.24, 2.45) is 0 Å². The van der Waals surface area contributed by atoms with Crippen molar-refractivity contribution in [2.45, 2.75) is 37.6 Å². The molecule has 0 aliphatic heterocycles. The maximum absolute atomic E-state index is 12.9. The van der Waals surface area contributed by atoms with Crippen LogP contribution in [0.25, 0.3) is 0 Å². The predicted molar refractivity (Wildman–Crippen MR) is 82.7 cm³/mol. The Balaban J connectivity index is 1.71. The van der Waals surface area contributed by atoms with Gasteiger partial charge in [-0.05, 0) is 42.0 Å². The van der Waals surface area contributed by atoms with Crippen molar-refractivity contribution in [1.82, 2.24) is 5.32 Å². The van der Waals surface area contributed by atoms with Crippen LogP contribution in [0.4, 0.5) is 4.39 Å². The number of benzene rings is 1. The van der Waals surface area contributed by atoms with Gasteiger partial charge in [0, 0.05) is 4.88 Å². The van der Waals surface area contributed by atoms with Gasteiger partial charge < -0.3 is 5.32 Å². The van der Waals surface area contributed by atoms with Crippen LogP contribution < -0.4 is 5.32 Å². The Bertz CT molecular complexity index is 600. The third-order valence-corrected chi connectivity index (χ3v) is 5.18. The van der Waals surface area contributed by atoms with Crippen LogP contribution in [0.1, 0.15) is 36.1 Å². The molecule has 1 aromatic heterocycles. The fraction of sp³-hybridized carbons (Fsp3) is 0.353. The average molecular weight is 303 g/mol. The quantitative estimate of drug-likeness (QED) is 0.908. The van der Waals surface area contributed by atoms with Gasteiger partial charge in [-0.15, -0.1) is 11.3 Å². The zero-order valence-electron chi connectivity index (χ0n) is 11.8. The van der Waals surface area contributed by atoms with Crippen LogP contribution in [0.15, 0.2) is 41.8 Å². The minimum atomic E-state index is -0.273. The van der Waals surface area contributed by atoms with Crippen molar-refractivity contribution in [3.05, 3.63) is 58.0 Å². The van der Waals surface area contributed by atoms with E-state index >= 15 is 0 Å². The summed E-state index contributed by atoms with van der Waals surface area (Å²) in [6, 6.07) is 10.3. The van der Waals surface area contributed by atoms with Gasteiger partial charge in [0.05, 0.1) is 12.0 Å². The van der Waals surface area contributed by atoms with E-state index in [4.69, 9.17) is 0 Å². The number of carbonyl (C=O) groups excluding carboxylic acids is 1. The lowest BCUT2D eigenvalue weighted by molar-refractivity contribution is -0.122. The summed E-state index contributed by atoms with van der Waals surface area (Å²) >= 11 is 1.70. The highest BCUT2D eigenvalue weighted by molar-refractivity contribution is 7.10. The molecule has 3 rings (SSSR count). The predicted octanol–water partition coefficient (Wildman–Crippen LogP) is 4.02. The van der Waals surface area contributed by atoms with Crippen LogP contribution in [0.5, 0.6) is 0 Å². The first-order valence-electron chi connectivity index (χ1n) is 7.27. The molecule has 1 heterocycles. The van der Waals surface area contributed by atoms with Gasteiger partial charge in [-0.25, -0.2) is 4.39 Å². The number of halogens is 1. The van der Waals surface area contributed by atoms with Crippen molar-refractivity contribution in [3.8, 4) is 0 Å². The second-order valence-electron chi connectivity index (χ2n) is 5.62. The number of nitrogens with one attached hydrogen (secondary N) is 1. The Morgan fingerprint density at radius 3 is 2.52 bits per heavy atom. The van der Waals surface area contributed by atoms with E-state index in [9.17, 15) is 9.18 Å². The first-order valence-corrected chi connectivity index (χ1v) is 8.15. The lowest BCUT2D eigenvalue weighted by Gasteiger charge is -2.29. The Labute approximate surface area is 128 Å². The van der Waals surface area contributed by atoms with Crippen molar-refractivity contribution in [3.63, 3.8) is 0 Å². The summed E-state index contributed by atoms with van der Waals surface area (Å²) in [6.45, 7) is 0. The summed E-state index contributed by atoms with van der Waals surface area (Å²) in [5.41, 5.74) is 0.652. The Hall–Kier alpha value is -1.68. The number of hydrogen-bond donors (Lipinski definition) is 1. The van der Waals surface area contributed by atoms with Gasteiger partial charge in [0.2, 0.25) is 5.91 Å². The van der Waals surface area contributed by atoms with Crippen molar-refractivity contribution in [1.29, 1.82) is 0 Å². The van der Waals surface area contributed by atoms with Crippen LogP contribution in [-0.2, 0) is 16.8 Å². The first-order chi connectivity index (χ1) is 10.2. The van der Waals surface area contributed by atoms with Gasteiger partial charge in [0.15, 0.2) is 0 Å². The summed E-state index contributed by atoms with van der Waals surface area (Å²) in [5.74, 6) is -0.262. The molecule has 2 aromatic rings. The van der Waals surface area contributed by atoms with E-state index in [0.29, 0.717) is 6.42 Å². The molecule has 1 N–H and O–H groups in total. The smallest absolute Gasteiger partial charge is 0.225 e. The Morgan fingerprint density at radius 2 is 1.90 bits per heavy atom. The highest BCUT2D eigenvalue weighted by Gasteiger charge is 2.37. The molecular formula is C17H18FNOS. The summed E-state index contributed by atoms with van der Waals surface area (Å²) in [4.78, 5) is 13.6. The van der Waals surface area contributed by atoms with E-state index in [2.05, 4.69) is 16.8 Å². The SMILES string of the molecule is O=C(Cc1ccc(F)cc1)NC1(c2cccs2)CCCC1. The summed E-state index contributed by atoms with van der Waals surface area (Å²) in [7, 11) is 0.